The third-order valence-electron chi connectivity index (χ3n) is 14.7. The lowest BCUT2D eigenvalue weighted by Crippen LogP contribution is -2.37. The molecule has 0 aromatic heterocycles. The molecule has 0 amide bonds. The van der Waals surface area contributed by atoms with E-state index in [0.717, 1.165) is 96.3 Å². The third-order valence-corrected chi connectivity index (χ3v) is 15.7. The van der Waals surface area contributed by atoms with Crippen LogP contribution in [-0.4, -0.2) is 70.0 Å². The van der Waals surface area contributed by atoms with Crippen molar-refractivity contribution in [2.75, 3.05) is 47.5 Å². The number of phosphoric acid groups is 1. The molecule has 0 rings (SSSR count). The lowest BCUT2D eigenvalue weighted by molar-refractivity contribution is -0.870. The van der Waals surface area contributed by atoms with Gasteiger partial charge in [-0.3, -0.25) is 14.2 Å². The topological polar surface area (TPSA) is 111 Å². The van der Waals surface area contributed by atoms with Crippen LogP contribution in [0.1, 0.15) is 290 Å². The average Bonchev–Trinajstić information content (AvgIpc) is 3.54. The molecule has 0 heterocycles. The second kappa shape index (κ2) is 64.9. The monoisotopic (exact) mass is 1200 g/mol. The Hall–Kier alpha value is -3.59. The Morgan fingerprint density at radius 3 is 1.00 bits per heavy atom. The number of carbonyl (C=O) groups is 2. The summed E-state index contributed by atoms with van der Waals surface area (Å²) < 4.78 is 34.2. The van der Waals surface area contributed by atoms with Gasteiger partial charge in [0, 0.05) is 12.8 Å². The van der Waals surface area contributed by atoms with E-state index in [9.17, 15) is 19.0 Å². The Bertz CT molecular complexity index is 1850. The van der Waals surface area contributed by atoms with Crippen molar-refractivity contribution >= 4 is 19.8 Å². The fraction of sp³-hybridized carbons (Fsp3) is 0.707. The van der Waals surface area contributed by atoms with Crippen LogP contribution < -0.4 is 4.89 Å². The van der Waals surface area contributed by atoms with E-state index in [1.54, 1.807) is 0 Å². The first kappa shape index (κ1) is 81.4. The highest BCUT2D eigenvalue weighted by Gasteiger charge is 2.22. The van der Waals surface area contributed by atoms with Gasteiger partial charge >= 0.3 is 11.9 Å². The zero-order valence-corrected chi connectivity index (χ0v) is 56.4. The predicted octanol–water partition coefficient (Wildman–Crippen LogP) is 22.0. The van der Waals surface area contributed by atoms with Gasteiger partial charge in [0.2, 0.25) is 0 Å². The molecule has 0 aliphatic heterocycles. The molecule has 0 N–H and O–H groups in total. The van der Waals surface area contributed by atoms with Crippen molar-refractivity contribution in [1.82, 2.24) is 0 Å². The maximum atomic E-state index is 12.8. The predicted molar refractivity (Wildman–Crippen MR) is 365 cm³/mol. The Balaban J connectivity index is 4.17. The van der Waals surface area contributed by atoms with E-state index in [-0.39, 0.29) is 26.1 Å². The summed E-state index contributed by atoms with van der Waals surface area (Å²) >= 11 is 0. The van der Waals surface area contributed by atoms with E-state index in [0.29, 0.717) is 17.4 Å². The molecule has 488 valence electrons. The lowest BCUT2D eigenvalue weighted by atomic mass is 10.0. The second-order valence-electron chi connectivity index (χ2n) is 24.2. The van der Waals surface area contributed by atoms with Gasteiger partial charge in [0.15, 0.2) is 6.10 Å². The highest BCUT2D eigenvalue weighted by Crippen LogP contribution is 2.38. The number of carbonyl (C=O) groups excluding carboxylic acids is 2. The summed E-state index contributed by atoms with van der Waals surface area (Å²) in [6, 6.07) is 0. The molecule has 0 bridgehead atoms. The van der Waals surface area contributed by atoms with Gasteiger partial charge in [-0.25, -0.2) is 0 Å². The lowest BCUT2D eigenvalue weighted by Gasteiger charge is -2.28. The quantitative estimate of drug-likeness (QED) is 0.0195. The molecule has 2 unspecified atom stereocenters. The summed E-state index contributed by atoms with van der Waals surface area (Å²) in [4.78, 5) is 38.0. The molecule has 0 aromatic rings. The fourth-order valence-electron chi connectivity index (χ4n) is 9.45. The highest BCUT2D eigenvalue weighted by atomic mass is 31.2. The number of hydrogen-bond acceptors (Lipinski definition) is 8. The van der Waals surface area contributed by atoms with Crippen LogP contribution in [0.2, 0.25) is 0 Å². The summed E-state index contributed by atoms with van der Waals surface area (Å²) in [5.41, 5.74) is 0. The second-order valence-corrected chi connectivity index (χ2v) is 25.6. The van der Waals surface area contributed by atoms with Crippen LogP contribution in [0.4, 0.5) is 0 Å². The molecule has 0 saturated carbocycles. The Morgan fingerprint density at radius 1 is 0.376 bits per heavy atom. The highest BCUT2D eigenvalue weighted by molar-refractivity contribution is 7.45. The molecule has 0 radical (unpaired) electrons. The van der Waals surface area contributed by atoms with E-state index in [1.165, 1.54) is 161 Å². The maximum Gasteiger partial charge on any atom is 0.306 e. The minimum atomic E-state index is -4.66. The van der Waals surface area contributed by atoms with Gasteiger partial charge in [0.1, 0.15) is 19.8 Å². The molecule has 9 nitrogen and oxygen atoms in total. The molecule has 0 saturated heterocycles. The normalized spacial score (nSPS) is 13.9. The molecule has 0 spiro atoms. The number of hydrogen-bond donors (Lipinski definition) is 0. The molecule has 0 aliphatic rings. The van der Waals surface area contributed by atoms with Crippen LogP contribution >= 0.6 is 7.82 Å². The van der Waals surface area contributed by atoms with Crippen molar-refractivity contribution in [2.45, 2.75) is 296 Å². The minimum Gasteiger partial charge on any atom is -0.756 e. The summed E-state index contributed by atoms with van der Waals surface area (Å²) in [6.45, 7) is 4.10. The summed E-state index contributed by atoms with van der Waals surface area (Å²) in [6.07, 6.45) is 92.9. The van der Waals surface area contributed by atoms with Gasteiger partial charge < -0.3 is 27.9 Å². The van der Waals surface area contributed by atoms with Gasteiger partial charge in [-0.15, -0.1) is 0 Å². The van der Waals surface area contributed by atoms with Crippen LogP contribution in [-0.2, 0) is 32.7 Å². The van der Waals surface area contributed by atoms with Crippen molar-refractivity contribution in [1.29, 1.82) is 0 Å². The van der Waals surface area contributed by atoms with E-state index < -0.39 is 32.5 Å². The molecule has 0 fully saturated rings. The average molecular weight is 1200 g/mol. The van der Waals surface area contributed by atoms with Crippen molar-refractivity contribution in [3.8, 4) is 0 Å². The number of allylic oxidation sites excluding steroid dienone is 20. The van der Waals surface area contributed by atoms with Crippen LogP contribution in [0.5, 0.6) is 0 Å². The molecule has 0 aliphatic carbocycles. The van der Waals surface area contributed by atoms with Crippen molar-refractivity contribution < 1.29 is 42.1 Å². The van der Waals surface area contributed by atoms with Gasteiger partial charge in [0.05, 0.1) is 27.7 Å². The summed E-state index contributed by atoms with van der Waals surface area (Å²) in [5.74, 6) is -0.882. The van der Waals surface area contributed by atoms with Crippen LogP contribution in [0.15, 0.2) is 122 Å². The number of likely N-dealkylation sites (N-methyl/N-ethyl adjacent to an activating group) is 1. The smallest absolute Gasteiger partial charge is 0.306 e. The van der Waals surface area contributed by atoms with E-state index >= 15 is 0 Å². The summed E-state index contributed by atoms with van der Waals surface area (Å²) in [7, 11) is 1.13. The molecule has 0 aromatic carbocycles. The molecule has 2 atom stereocenters. The van der Waals surface area contributed by atoms with Crippen molar-refractivity contribution in [3.63, 3.8) is 0 Å². The first-order chi connectivity index (χ1) is 41.5. The number of quaternary nitrogens is 1. The number of esters is 2. The first-order valence-corrected chi connectivity index (χ1v) is 36.2. The molecule has 10 heteroatoms. The van der Waals surface area contributed by atoms with E-state index in [1.807, 2.05) is 21.1 Å². The van der Waals surface area contributed by atoms with Gasteiger partial charge in [-0.05, 0) is 89.9 Å². The zero-order valence-electron chi connectivity index (χ0n) is 55.5. The van der Waals surface area contributed by atoms with Crippen molar-refractivity contribution in [2.24, 2.45) is 0 Å². The number of phosphoric ester groups is 1. The third kappa shape index (κ3) is 69.4. The summed E-state index contributed by atoms with van der Waals surface area (Å²) in [5, 5.41) is 0. The number of nitrogens with zero attached hydrogens (tertiary/aromatic N) is 1. The molecule has 85 heavy (non-hydrogen) atoms. The molecular formula is C75H130NO8P. The number of rotatable bonds is 63. The van der Waals surface area contributed by atoms with Crippen LogP contribution in [0, 0.1) is 0 Å². The Kier molecular flexibility index (Phi) is 62.1. The minimum absolute atomic E-state index is 0.0444. The Morgan fingerprint density at radius 2 is 0.671 bits per heavy atom. The number of ether oxygens (including phenoxy) is 2. The van der Waals surface area contributed by atoms with E-state index in [4.69, 9.17) is 18.5 Å². The Labute approximate surface area is 524 Å². The van der Waals surface area contributed by atoms with Crippen molar-refractivity contribution in [3.05, 3.63) is 122 Å². The van der Waals surface area contributed by atoms with Gasteiger partial charge in [-0.1, -0.05) is 309 Å². The number of unbranched alkanes of at least 4 members (excludes halogenated alkanes) is 29. The maximum absolute atomic E-state index is 12.8. The standard InChI is InChI=1S/C75H130NO8P/c1-6-8-10-12-14-16-18-20-22-24-26-28-30-32-34-36-37-38-39-40-42-44-46-48-50-52-54-56-58-60-62-64-66-68-75(78)84-73(72-83-85(79,80)82-70-69-76(3,4)5)71-81-74(77)67-65-63-61-59-57-55-53-51-49-47-45-43-41-35-33-31-29-27-25-23-21-19-17-15-13-11-9-7-2/h8,10,14,16,20,22,26,28,32,34,37-38,40,42,46,48,52,54,58,60,73H,6-7,9,11-13,15,17-19,21,23-25,27,29-31,33,35-36,39,41,43-45,47,49-51,53,55-57,59,61-72H2,1-5H3/b10-8-,16-14-,22-20-,28-26-,34-32-,38-37-,42-40-,48-46-,54-52-,60-58-. The largest absolute Gasteiger partial charge is 0.756 e. The fourth-order valence-corrected chi connectivity index (χ4v) is 10.2. The van der Waals surface area contributed by atoms with Crippen LogP contribution in [0.25, 0.3) is 0 Å². The van der Waals surface area contributed by atoms with E-state index in [2.05, 4.69) is 135 Å². The van der Waals surface area contributed by atoms with Gasteiger partial charge in [-0.2, -0.15) is 0 Å². The molecular weight excluding hydrogens is 1070 g/mol. The first-order valence-electron chi connectivity index (χ1n) is 34.7. The zero-order chi connectivity index (χ0) is 61.9. The van der Waals surface area contributed by atoms with Crippen LogP contribution in [0.3, 0.4) is 0 Å². The SMILES string of the molecule is CC/C=C\C/C=C\C/C=C\C/C=C\C/C=C\C/C=C\C/C=C\C/C=C\C/C=C\C/C=C\CCCCC(=O)OC(COC(=O)CCCCCCCCCCCCCCCCCCCCCCCCCCCCCC)COP(=O)([O-])OCC[N+](C)(C)C. The van der Waals surface area contributed by atoms with Gasteiger partial charge in [0.25, 0.3) is 7.82 Å².